The Bertz CT molecular complexity index is 925. The second-order valence-electron chi connectivity index (χ2n) is 7.90. The summed E-state index contributed by atoms with van der Waals surface area (Å²) in [6, 6.07) is 0. The lowest BCUT2D eigenvalue weighted by atomic mass is 10.1. The van der Waals surface area contributed by atoms with Crippen LogP contribution in [0.5, 0.6) is 0 Å². The van der Waals surface area contributed by atoms with Crippen molar-refractivity contribution in [3.05, 3.63) is 0 Å². The molecular formula is C21H24N4O12. The van der Waals surface area contributed by atoms with E-state index in [0.29, 0.717) is 10.1 Å². The number of hydroxylamine groups is 4. The minimum atomic E-state index is -1.06. The van der Waals surface area contributed by atoms with Gasteiger partial charge >= 0.3 is 11.9 Å². The molecule has 0 aliphatic carbocycles. The van der Waals surface area contributed by atoms with Crippen LogP contribution in [0.3, 0.4) is 0 Å². The van der Waals surface area contributed by atoms with Crippen LogP contribution in [0.4, 0.5) is 0 Å². The van der Waals surface area contributed by atoms with Gasteiger partial charge in [0, 0.05) is 44.9 Å². The molecule has 16 nitrogen and oxygen atoms in total. The molecule has 0 bridgehead atoms. The van der Waals surface area contributed by atoms with E-state index in [1.165, 1.54) is 0 Å². The number of imide groups is 2. The summed E-state index contributed by atoms with van der Waals surface area (Å²) in [4.78, 5) is 125. The van der Waals surface area contributed by atoms with Gasteiger partial charge in [0.15, 0.2) is 5.78 Å². The van der Waals surface area contributed by atoms with Crippen molar-refractivity contribution in [2.24, 2.45) is 0 Å². The summed E-state index contributed by atoms with van der Waals surface area (Å²) >= 11 is 0. The molecule has 16 heteroatoms. The van der Waals surface area contributed by atoms with E-state index < -0.39 is 84.9 Å². The number of rotatable bonds is 14. The molecule has 0 aromatic heterocycles. The quantitative estimate of drug-likeness (QED) is 0.178. The molecule has 2 aliphatic rings. The maximum atomic E-state index is 11.9. The molecule has 6 amide bonds. The van der Waals surface area contributed by atoms with Crippen molar-refractivity contribution in [2.45, 2.75) is 57.8 Å². The normalized spacial score (nSPS) is 15.0. The van der Waals surface area contributed by atoms with E-state index in [0.717, 1.165) is 0 Å². The van der Waals surface area contributed by atoms with Crippen molar-refractivity contribution >= 4 is 58.9 Å². The summed E-state index contributed by atoms with van der Waals surface area (Å²) in [6.07, 6.45) is -2.40. The predicted octanol–water partition coefficient (Wildman–Crippen LogP) is -2.48. The lowest BCUT2D eigenvalue weighted by molar-refractivity contribution is -0.197. The summed E-state index contributed by atoms with van der Waals surface area (Å²) < 4.78 is 0. The van der Waals surface area contributed by atoms with Gasteiger partial charge in [-0.1, -0.05) is 0 Å². The SMILES string of the molecule is O=C(CCC(=O)ON1C(=O)CCC1=O)CNC(=O)CC(=O)CCC(=O)NCC(=O)ON1C(=O)CCC1=O. The predicted molar refractivity (Wildman–Crippen MR) is 113 cm³/mol. The van der Waals surface area contributed by atoms with Crippen LogP contribution in [0.1, 0.15) is 57.8 Å². The largest absolute Gasteiger partial charge is 0.352 e. The topological polar surface area (TPSA) is 220 Å². The molecule has 2 heterocycles. The Kier molecular flexibility index (Phi) is 10.5. The van der Waals surface area contributed by atoms with Gasteiger partial charge in [0.25, 0.3) is 23.6 Å². The zero-order valence-electron chi connectivity index (χ0n) is 19.6. The number of carbonyl (C=O) groups excluding carboxylic acids is 10. The van der Waals surface area contributed by atoms with Crippen molar-refractivity contribution in [1.82, 2.24) is 20.8 Å². The zero-order valence-corrected chi connectivity index (χ0v) is 19.6. The molecule has 2 saturated heterocycles. The van der Waals surface area contributed by atoms with Crippen LogP contribution in [0.15, 0.2) is 0 Å². The van der Waals surface area contributed by atoms with Crippen molar-refractivity contribution < 1.29 is 57.6 Å². The van der Waals surface area contributed by atoms with Crippen LogP contribution in [0.2, 0.25) is 0 Å². The van der Waals surface area contributed by atoms with Crippen molar-refractivity contribution in [1.29, 1.82) is 0 Å². The molecule has 37 heavy (non-hydrogen) atoms. The van der Waals surface area contributed by atoms with Gasteiger partial charge in [0.2, 0.25) is 11.8 Å². The second kappa shape index (κ2) is 13.6. The molecule has 0 spiro atoms. The monoisotopic (exact) mass is 524 g/mol. The number of Topliss-reactive ketones (excluding diaryl/α,β-unsaturated/α-hetero) is 2. The summed E-state index contributed by atoms with van der Waals surface area (Å²) in [5.74, 6) is -7.40. The van der Waals surface area contributed by atoms with Gasteiger partial charge in [0.05, 0.1) is 19.4 Å². The average molecular weight is 524 g/mol. The number of hydrogen-bond donors (Lipinski definition) is 2. The molecular weight excluding hydrogens is 500 g/mol. The van der Waals surface area contributed by atoms with Crippen LogP contribution in [-0.4, -0.2) is 82.2 Å². The first-order valence-corrected chi connectivity index (χ1v) is 11.2. The summed E-state index contributed by atoms with van der Waals surface area (Å²) in [5.41, 5.74) is 0. The Balaban J connectivity index is 1.55. The Morgan fingerprint density at radius 2 is 1.03 bits per heavy atom. The standard InChI is InChI=1S/C21H24N4O12/c26-12(1-3-14(28)23-11-21(35)37-25-18(32)6-7-19(25)33)9-15(29)22-10-13(27)2-8-20(34)36-24-16(30)4-5-17(24)31/h1-11H2,(H,22,29)(H,23,28). The van der Waals surface area contributed by atoms with E-state index in [2.05, 4.69) is 20.3 Å². The van der Waals surface area contributed by atoms with E-state index in [1.807, 2.05) is 0 Å². The minimum Gasteiger partial charge on any atom is -0.349 e. The molecule has 0 unspecified atom stereocenters. The number of nitrogens with one attached hydrogen (secondary N) is 2. The Labute approximate surface area is 208 Å². The molecule has 0 saturated carbocycles. The third-order valence-electron chi connectivity index (χ3n) is 4.91. The van der Waals surface area contributed by atoms with Gasteiger partial charge < -0.3 is 20.3 Å². The van der Waals surface area contributed by atoms with Crippen molar-refractivity contribution in [2.75, 3.05) is 13.1 Å². The van der Waals surface area contributed by atoms with Gasteiger partial charge in [-0.15, -0.1) is 10.1 Å². The van der Waals surface area contributed by atoms with Gasteiger partial charge in [-0.3, -0.25) is 38.4 Å². The number of amides is 6. The summed E-state index contributed by atoms with van der Waals surface area (Å²) in [7, 11) is 0. The van der Waals surface area contributed by atoms with Crippen LogP contribution >= 0.6 is 0 Å². The second-order valence-corrected chi connectivity index (χ2v) is 7.90. The first kappa shape index (κ1) is 28.7. The Morgan fingerprint density at radius 3 is 1.57 bits per heavy atom. The highest BCUT2D eigenvalue weighted by atomic mass is 16.7. The number of ketones is 2. The van der Waals surface area contributed by atoms with Crippen molar-refractivity contribution in [3.8, 4) is 0 Å². The van der Waals surface area contributed by atoms with Gasteiger partial charge in [-0.25, -0.2) is 9.59 Å². The summed E-state index contributed by atoms with van der Waals surface area (Å²) in [6.45, 7) is -1.13. The molecule has 0 radical (unpaired) electrons. The van der Waals surface area contributed by atoms with Crippen LogP contribution in [0.25, 0.3) is 0 Å². The summed E-state index contributed by atoms with van der Waals surface area (Å²) in [5, 5.41) is 5.02. The van der Waals surface area contributed by atoms with E-state index in [4.69, 9.17) is 0 Å². The van der Waals surface area contributed by atoms with Crippen LogP contribution in [0, 0.1) is 0 Å². The fourth-order valence-corrected chi connectivity index (χ4v) is 2.97. The van der Waals surface area contributed by atoms with E-state index >= 15 is 0 Å². The van der Waals surface area contributed by atoms with Gasteiger partial charge in [-0.2, -0.15) is 0 Å². The fraction of sp³-hybridized carbons (Fsp3) is 0.524. The maximum Gasteiger partial charge on any atom is 0.352 e. The molecule has 2 rings (SSSR count). The number of nitrogens with zero attached hydrogens (tertiary/aromatic N) is 2. The smallest absolute Gasteiger partial charge is 0.349 e. The fourth-order valence-electron chi connectivity index (χ4n) is 2.97. The highest BCUT2D eigenvalue weighted by Gasteiger charge is 2.33. The average Bonchev–Trinajstić information content (AvgIpc) is 3.33. The molecule has 0 atom stereocenters. The first-order valence-electron chi connectivity index (χ1n) is 11.2. The molecule has 200 valence electrons. The van der Waals surface area contributed by atoms with Crippen LogP contribution < -0.4 is 10.6 Å². The van der Waals surface area contributed by atoms with E-state index in [-0.39, 0.29) is 44.9 Å². The molecule has 0 aromatic rings. The van der Waals surface area contributed by atoms with Crippen molar-refractivity contribution in [3.63, 3.8) is 0 Å². The van der Waals surface area contributed by atoms with E-state index in [9.17, 15) is 47.9 Å². The Hall–Kier alpha value is -4.50. The molecule has 2 N–H and O–H groups in total. The third-order valence-corrected chi connectivity index (χ3v) is 4.91. The van der Waals surface area contributed by atoms with E-state index in [1.54, 1.807) is 0 Å². The first-order chi connectivity index (χ1) is 17.5. The van der Waals surface area contributed by atoms with Gasteiger partial charge in [-0.05, 0) is 0 Å². The zero-order chi connectivity index (χ0) is 27.5. The van der Waals surface area contributed by atoms with Gasteiger partial charge in [0.1, 0.15) is 12.3 Å². The Morgan fingerprint density at radius 1 is 0.568 bits per heavy atom. The highest BCUT2D eigenvalue weighted by molar-refractivity contribution is 6.03. The maximum absolute atomic E-state index is 11.9. The molecule has 2 fully saturated rings. The molecule has 0 aromatic carbocycles. The third kappa shape index (κ3) is 9.58. The minimum absolute atomic E-state index is 0.0691. The lowest BCUT2D eigenvalue weighted by Gasteiger charge is -2.12. The number of hydrogen-bond acceptors (Lipinski definition) is 12. The lowest BCUT2D eigenvalue weighted by Crippen LogP contribution is -2.37. The highest BCUT2D eigenvalue weighted by Crippen LogP contribution is 2.13. The van der Waals surface area contributed by atoms with Crippen LogP contribution in [-0.2, 0) is 57.6 Å². The molecule has 2 aliphatic heterocycles. The number of carbonyl (C=O) groups is 10.